The van der Waals surface area contributed by atoms with E-state index in [-0.39, 0.29) is 11.6 Å². The van der Waals surface area contributed by atoms with E-state index in [1.807, 2.05) is 0 Å². The number of phenols is 1. The molecule has 4 aromatic rings. The third-order valence-electron chi connectivity index (χ3n) is 4.00. The molecule has 126 valence electrons. The van der Waals surface area contributed by atoms with E-state index in [4.69, 9.17) is 11.6 Å². The summed E-state index contributed by atoms with van der Waals surface area (Å²) in [5.41, 5.74) is 3.29. The number of nitrogens with zero attached hydrogens (tertiary/aromatic N) is 2. The molecule has 25 heavy (non-hydrogen) atoms. The van der Waals surface area contributed by atoms with Crippen LogP contribution in [0.2, 0.25) is 5.02 Å². The molecule has 0 aliphatic carbocycles. The molecule has 0 aliphatic rings. The highest BCUT2D eigenvalue weighted by molar-refractivity contribution is 6.35. The molecule has 0 radical (unpaired) electrons. The number of aromatic amines is 2. The van der Waals surface area contributed by atoms with Gasteiger partial charge in [0.2, 0.25) is 0 Å². The van der Waals surface area contributed by atoms with Crippen molar-refractivity contribution < 1.29 is 9.50 Å². The van der Waals surface area contributed by atoms with Gasteiger partial charge in [0.05, 0.1) is 16.1 Å². The van der Waals surface area contributed by atoms with Gasteiger partial charge in [0, 0.05) is 18.3 Å². The normalized spacial score (nSPS) is 11.3. The van der Waals surface area contributed by atoms with Crippen LogP contribution in [-0.2, 0) is 6.42 Å². The molecule has 0 amide bonds. The summed E-state index contributed by atoms with van der Waals surface area (Å²) in [6.07, 6.45) is 2.26. The van der Waals surface area contributed by atoms with E-state index < -0.39 is 0 Å². The van der Waals surface area contributed by atoms with E-state index in [1.54, 1.807) is 31.3 Å². The van der Waals surface area contributed by atoms with Crippen LogP contribution in [0.1, 0.15) is 17.1 Å². The molecule has 3 N–H and O–H groups in total. The minimum Gasteiger partial charge on any atom is -0.505 e. The SMILES string of the molecule is Cc1nc2c(O)c(-c3ncc(Cc4ccc(F)cc4)[nH]3)cc(Cl)c2[nH]1. The van der Waals surface area contributed by atoms with Crippen molar-refractivity contribution in [1.82, 2.24) is 19.9 Å². The third kappa shape index (κ3) is 2.85. The Hall–Kier alpha value is -2.86. The van der Waals surface area contributed by atoms with Gasteiger partial charge in [-0.05, 0) is 30.7 Å². The Morgan fingerprint density at radius 3 is 2.72 bits per heavy atom. The van der Waals surface area contributed by atoms with Crippen molar-refractivity contribution in [1.29, 1.82) is 0 Å². The van der Waals surface area contributed by atoms with Crippen LogP contribution in [0.5, 0.6) is 5.75 Å². The van der Waals surface area contributed by atoms with Gasteiger partial charge in [-0.2, -0.15) is 0 Å². The third-order valence-corrected chi connectivity index (χ3v) is 4.30. The summed E-state index contributed by atoms with van der Waals surface area (Å²) in [4.78, 5) is 14.8. The largest absolute Gasteiger partial charge is 0.505 e. The zero-order valence-corrected chi connectivity index (χ0v) is 14.0. The van der Waals surface area contributed by atoms with Gasteiger partial charge < -0.3 is 15.1 Å². The lowest BCUT2D eigenvalue weighted by Crippen LogP contribution is -1.89. The standard InChI is InChI=1S/C18H14ClFN4O/c1-9-22-15-14(19)7-13(17(25)16(15)23-9)18-21-8-12(24-18)6-10-2-4-11(20)5-3-10/h2-5,7-8,25H,6H2,1H3,(H,21,24)(H,22,23). The molecule has 0 aliphatic heterocycles. The van der Waals surface area contributed by atoms with E-state index in [9.17, 15) is 9.50 Å². The van der Waals surface area contributed by atoms with E-state index in [2.05, 4.69) is 19.9 Å². The number of H-pyrrole nitrogens is 2. The summed E-state index contributed by atoms with van der Waals surface area (Å²) in [7, 11) is 0. The van der Waals surface area contributed by atoms with Crippen molar-refractivity contribution in [3.05, 3.63) is 64.5 Å². The lowest BCUT2D eigenvalue weighted by atomic mass is 10.1. The van der Waals surface area contributed by atoms with E-state index >= 15 is 0 Å². The van der Waals surface area contributed by atoms with Gasteiger partial charge in [-0.15, -0.1) is 0 Å². The minimum absolute atomic E-state index is 0.0198. The number of hydrogen-bond donors (Lipinski definition) is 3. The fourth-order valence-corrected chi connectivity index (χ4v) is 3.06. The molecular weight excluding hydrogens is 343 g/mol. The highest BCUT2D eigenvalue weighted by atomic mass is 35.5. The number of halogens is 2. The van der Waals surface area contributed by atoms with Gasteiger partial charge in [0.1, 0.15) is 23.0 Å². The number of benzene rings is 2. The van der Waals surface area contributed by atoms with Crippen LogP contribution in [0.15, 0.2) is 36.5 Å². The van der Waals surface area contributed by atoms with Crippen molar-refractivity contribution in [2.45, 2.75) is 13.3 Å². The average Bonchev–Trinajstić information content (AvgIpc) is 3.20. The van der Waals surface area contributed by atoms with Crippen LogP contribution in [0, 0.1) is 12.7 Å². The van der Waals surface area contributed by atoms with Gasteiger partial charge in [-0.3, -0.25) is 0 Å². The highest BCUT2D eigenvalue weighted by Crippen LogP contribution is 2.37. The summed E-state index contributed by atoms with van der Waals surface area (Å²) < 4.78 is 13.0. The number of hydrogen-bond acceptors (Lipinski definition) is 3. The van der Waals surface area contributed by atoms with Gasteiger partial charge in [0.25, 0.3) is 0 Å². The summed E-state index contributed by atoms with van der Waals surface area (Å²) in [5.74, 6) is 0.919. The molecule has 2 heterocycles. The first-order chi connectivity index (χ1) is 12.0. The molecule has 0 fully saturated rings. The Morgan fingerprint density at radius 1 is 1.20 bits per heavy atom. The predicted molar refractivity (Wildman–Crippen MR) is 94.3 cm³/mol. The van der Waals surface area contributed by atoms with E-state index in [0.29, 0.717) is 39.7 Å². The molecule has 0 spiro atoms. The number of nitrogens with one attached hydrogen (secondary N) is 2. The lowest BCUT2D eigenvalue weighted by Gasteiger charge is -2.04. The molecule has 0 saturated carbocycles. The number of fused-ring (bicyclic) bond motifs is 1. The second kappa shape index (κ2) is 5.89. The van der Waals surface area contributed by atoms with E-state index in [1.165, 1.54) is 12.1 Å². The topological polar surface area (TPSA) is 77.6 Å². The smallest absolute Gasteiger partial charge is 0.154 e. The zero-order valence-electron chi connectivity index (χ0n) is 13.3. The number of aromatic hydroxyl groups is 1. The molecule has 7 heteroatoms. The van der Waals surface area contributed by atoms with Crippen molar-refractivity contribution in [3.8, 4) is 17.1 Å². The van der Waals surface area contributed by atoms with Crippen molar-refractivity contribution in [2.24, 2.45) is 0 Å². The summed E-state index contributed by atoms with van der Waals surface area (Å²) in [6, 6.07) is 7.95. The Labute approximate surface area is 147 Å². The Bertz CT molecular complexity index is 1070. The first kappa shape index (κ1) is 15.7. The van der Waals surface area contributed by atoms with Crippen LogP contribution in [0.25, 0.3) is 22.4 Å². The highest BCUT2D eigenvalue weighted by Gasteiger charge is 2.17. The second-order valence-electron chi connectivity index (χ2n) is 5.86. The molecule has 2 aromatic carbocycles. The molecule has 2 aromatic heterocycles. The molecule has 0 unspecified atom stereocenters. The molecule has 0 atom stereocenters. The molecular formula is C18H14ClFN4O. The maximum atomic E-state index is 13.0. The first-order valence-electron chi connectivity index (χ1n) is 7.68. The zero-order chi connectivity index (χ0) is 17.6. The minimum atomic E-state index is -0.267. The van der Waals surface area contributed by atoms with Crippen molar-refractivity contribution in [3.63, 3.8) is 0 Å². The Morgan fingerprint density at radius 2 is 1.96 bits per heavy atom. The van der Waals surface area contributed by atoms with Gasteiger partial charge in [-0.25, -0.2) is 14.4 Å². The fourth-order valence-electron chi connectivity index (χ4n) is 2.82. The Balaban J connectivity index is 1.71. The second-order valence-corrected chi connectivity index (χ2v) is 6.27. The quantitative estimate of drug-likeness (QED) is 0.510. The van der Waals surface area contributed by atoms with Crippen molar-refractivity contribution >= 4 is 22.6 Å². The number of aryl methyl sites for hydroxylation is 1. The number of imidazole rings is 2. The van der Waals surface area contributed by atoms with Crippen LogP contribution in [0.4, 0.5) is 4.39 Å². The average molecular weight is 357 g/mol. The molecule has 0 saturated heterocycles. The van der Waals surface area contributed by atoms with E-state index in [0.717, 1.165) is 11.3 Å². The van der Waals surface area contributed by atoms with Crippen molar-refractivity contribution in [2.75, 3.05) is 0 Å². The van der Waals surface area contributed by atoms with Crippen LogP contribution < -0.4 is 0 Å². The molecule has 0 bridgehead atoms. The maximum absolute atomic E-state index is 13.0. The summed E-state index contributed by atoms with van der Waals surface area (Å²) in [6.45, 7) is 1.79. The molecule has 4 rings (SSSR count). The van der Waals surface area contributed by atoms with Gasteiger partial charge in [0.15, 0.2) is 5.75 Å². The summed E-state index contributed by atoms with van der Waals surface area (Å²) >= 11 is 6.29. The lowest BCUT2D eigenvalue weighted by molar-refractivity contribution is 0.482. The Kier molecular flexibility index (Phi) is 3.69. The molecule has 5 nitrogen and oxygen atoms in total. The van der Waals surface area contributed by atoms with Crippen LogP contribution in [-0.4, -0.2) is 25.0 Å². The van der Waals surface area contributed by atoms with Gasteiger partial charge in [-0.1, -0.05) is 23.7 Å². The fraction of sp³-hybridized carbons (Fsp3) is 0.111. The predicted octanol–water partition coefficient (Wildman–Crippen LogP) is 4.35. The number of phenolic OH excluding ortho intramolecular Hbond substituents is 1. The summed E-state index contributed by atoms with van der Waals surface area (Å²) in [5, 5.41) is 11.0. The number of rotatable bonds is 3. The van der Waals surface area contributed by atoms with Gasteiger partial charge >= 0.3 is 0 Å². The van der Waals surface area contributed by atoms with Crippen LogP contribution in [0.3, 0.4) is 0 Å². The van der Waals surface area contributed by atoms with Crippen LogP contribution >= 0.6 is 11.6 Å². The number of aromatic nitrogens is 4. The first-order valence-corrected chi connectivity index (χ1v) is 8.05. The maximum Gasteiger partial charge on any atom is 0.154 e. The monoisotopic (exact) mass is 356 g/mol.